The molecule has 0 spiro atoms. The van der Waals surface area contributed by atoms with Gasteiger partial charge in [0, 0.05) is 39.8 Å². The van der Waals surface area contributed by atoms with Gasteiger partial charge in [0.25, 0.3) is 0 Å². The van der Waals surface area contributed by atoms with Gasteiger partial charge >= 0.3 is 35.8 Å². The topological polar surface area (TPSA) is 196 Å². The van der Waals surface area contributed by atoms with E-state index in [1.807, 2.05) is 0 Å². The molecule has 0 aromatic carbocycles. The molecule has 43 heavy (non-hydrogen) atoms. The number of carboxylic acids is 1. The molecule has 0 amide bonds. The Labute approximate surface area is 264 Å². The van der Waals surface area contributed by atoms with Gasteiger partial charge in [-0.1, -0.05) is 6.92 Å². The summed E-state index contributed by atoms with van der Waals surface area (Å²) in [4.78, 5) is 64.7. The zero-order valence-corrected chi connectivity index (χ0v) is 29.1. The number of halogens is 1. The van der Waals surface area contributed by atoms with Gasteiger partial charge in [-0.2, -0.15) is 5.26 Å². The summed E-state index contributed by atoms with van der Waals surface area (Å²) in [6.07, 6.45) is -1.30. The number of alkyl halides is 1. The van der Waals surface area contributed by atoms with Crippen LogP contribution in [0.4, 0.5) is 0 Å². The largest absolute Gasteiger partial charge is 0.481 e. The molecule has 2 atom stereocenters. The molecule has 0 aromatic heterocycles. The van der Waals surface area contributed by atoms with Crippen molar-refractivity contribution in [3.05, 3.63) is 0 Å². The Balaban J connectivity index is -0.000000150. The molecular formula is C28H51BrN2O12. The summed E-state index contributed by atoms with van der Waals surface area (Å²) in [5, 5.41) is 15.2. The fraction of sp³-hybridized carbons (Fsp3) is 0.750. The molecule has 14 nitrogen and oxygen atoms in total. The monoisotopic (exact) mass is 686 g/mol. The lowest BCUT2D eigenvalue weighted by Crippen LogP contribution is -2.36. The molecule has 0 aliphatic heterocycles. The molecule has 0 rings (SSSR count). The van der Waals surface area contributed by atoms with Gasteiger partial charge in [0.2, 0.25) is 6.29 Å². The summed E-state index contributed by atoms with van der Waals surface area (Å²) < 4.78 is 22.3. The van der Waals surface area contributed by atoms with E-state index in [1.54, 1.807) is 13.0 Å². The van der Waals surface area contributed by atoms with Crippen LogP contribution < -0.4 is 0 Å². The van der Waals surface area contributed by atoms with Crippen molar-refractivity contribution in [1.82, 2.24) is 4.90 Å². The van der Waals surface area contributed by atoms with Crippen molar-refractivity contribution in [3.63, 3.8) is 0 Å². The molecule has 0 aromatic rings. The molecular weight excluding hydrogens is 636 g/mol. The van der Waals surface area contributed by atoms with E-state index in [9.17, 15) is 28.8 Å². The van der Waals surface area contributed by atoms with E-state index in [0.29, 0.717) is 12.1 Å². The van der Waals surface area contributed by atoms with Crippen LogP contribution in [0, 0.1) is 11.3 Å². The van der Waals surface area contributed by atoms with Gasteiger partial charge in [-0.15, -0.1) is 0 Å². The average molecular weight is 688 g/mol. The number of esters is 5. The summed E-state index contributed by atoms with van der Waals surface area (Å²) >= 11 is 3.03. The van der Waals surface area contributed by atoms with Gasteiger partial charge in [-0.25, -0.2) is 0 Å². The standard InChI is InChI=1S/C9H14O6.C8H19N.C5H8O4.C4H7BrO2.C2H3N/c1-6(10)14-7(2)15-9(12)5-4-8(11)13-3;1-6-9(7(2)3)8(4)5;1-9-5(8)3-2-4(6)7;1-3(5)7-4(2)6;1-2-3/h7H,4-5H2,1-3H3;7-8H,6H2,1-5H3;2-3H2,1H3,(H,6,7);3H,1-2H3;1H3. The summed E-state index contributed by atoms with van der Waals surface area (Å²) in [6, 6.07) is 3.13. The number of carbonyl (C=O) groups excluding carboxylic acids is 5. The smallest absolute Gasteiger partial charge is 0.309 e. The minimum atomic E-state index is -0.986. The molecule has 15 heteroatoms. The zero-order chi connectivity index (χ0) is 35.1. The number of ether oxygens (including phenoxy) is 5. The van der Waals surface area contributed by atoms with Crippen LogP contribution in [0.2, 0.25) is 0 Å². The zero-order valence-electron chi connectivity index (χ0n) is 27.6. The molecule has 0 saturated heterocycles. The molecule has 2 unspecified atom stereocenters. The van der Waals surface area contributed by atoms with E-state index in [4.69, 9.17) is 10.4 Å². The third-order valence-corrected chi connectivity index (χ3v) is 4.37. The highest BCUT2D eigenvalue weighted by Crippen LogP contribution is 2.03. The van der Waals surface area contributed by atoms with E-state index in [2.05, 4.69) is 79.1 Å². The van der Waals surface area contributed by atoms with E-state index in [-0.39, 0.29) is 36.7 Å². The number of carboxylic acid groups (broad SMARTS) is 1. The molecule has 0 fully saturated rings. The molecule has 0 heterocycles. The molecule has 252 valence electrons. The predicted molar refractivity (Wildman–Crippen MR) is 162 cm³/mol. The van der Waals surface area contributed by atoms with Crippen molar-refractivity contribution < 1.29 is 57.6 Å². The van der Waals surface area contributed by atoms with Gasteiger partial charge in [-0.3, -0.25) is 33.7 Å². The highest BCUT2D eigenvalue weighted by atomic mass is 79.9. The second-order valence-electron chi connectivity index (χ2n) is 8.61. The summed E-state index contributed by atoms with van der Waals surface area (Å²) in [5.74, 6) is -3.38. The Morgan fingerprint density at radius 2 is 1.09 bits per heavy atom. The van der Waals surface area contributed by atoms with Crippen molar-refractivity contribution >= 4 is 51.7 Å². The highest BCUT2D eigenvalue weighted by Gasteiger charge is 2.13. The van der Waals surface area contributed by atoms with E-state index in [0.717, 1.165) is 6.54 Å². The van der Waals surface area contributed by atoms with Gasteiger partial charge < -0.3 is 28.8 Å². The van der Waals surface area contributed by atoms with E-state index in [1.165, 1.54) is 41.9 Å². The number of hydrogen-bond acceptors (Lipinski definition) is 13. The first-order valence-corrected chi connectivity index (χ1v) is 14.3. The van der Waals surface area contributed by atoms with Crippen LogP contribution >= 0.6 is 15.9 Å². The van der Waals surface area contributed by atoms with Crippen molar-refractivity contribution in [2.24, 2.45) is 0 Å². The van der Waals surface area contributed by atoms with Crippen molar-refractivity contribution in [2.45, 2.75) is 118 Å². The first-order chi connectivity index (χ1) is 19.7. The Morgan fingerprint density at radius 1 is 0.744 bits per heavy atom. The third-order valence-electron chi connectivity index (χ3n) is 4.18. The molecule has 0 aliphatic carbocycles. The summed E-state index contributed by atoms with van der Waals surface area (Å²) in [5.41, 5.74) is 0. The fourth-order valence-electron chi connectivity index (χ4n) is 2.67. The van der Waals surface area contributed by atoms with Crippen molar-refractivity contribution in [3.8, 4) is 6.07 Å². The Bertz CT molecular complexity index is 819. The van der Waals surface area contributed by atoms with E-state index < -0.39 is 36.1 Å². The van der Waals surface area contributed by atoms with Gasteiger partial charge in [0.05, 0.1) is 46.0 Å². The maximum absolute atomic E-state index is 11.0. The minimum absolute atomic E-state index is 0.0498. The van der Waals surface area contributed by atoms with Crippen LogP contribution in [0.15, 0.2) is 0 Å². The first kappa shape index (κ1) is 49.4. The quantitative estimate of drug-likeness (QED) is 0.131. The molecule has 0 bridgehead atoms. The lowest BCUT2D eigenvalue weighted by molar-refractivity contribution is -0.183. The Morgan fingerprint density at radius 3 is 1.30 bits per heavy atom. The number of aliphatic carboxylic acids is 1. The Kier molecular flexibility index (Phi) is 38.2. The van der Waals surface area contributed by atoms with Gasteiger partial charge in [0.15, 0.2) is 5.01 Å². The van der Waals surface area contributed by atoms with Crippen LogP contribution in [-0.4, -0.2) is 90.0 Å². The maximum Gasteiger partial charge on any atom is 0.309 e. The second-order valence-corrected chi connectivity index (χ2v) is 9.90. The molecule has 0 radical (unpaired) electrons. The van der Waals surface area contributed by atoms with Gasteiger partial charge in [-0.05, 0) is 57.1 Å². The maximum atomic E-state index is 11.0. The first-order valence-electron chi connectivity index (χ1n) is 13.4. The number of methoxy groups -OCH3 is 2. The summed E-state index contributed by atoms with van der Waals surface area (Å²) in [7, 11) is 2.46. The average Bonchev–Trinajstić information content (AvgIpc) is 2.86. The van der Waals surface area contributed by atoms with Crippen molar-refractivity contribution in [1.29, 1.82) is 5.26 Å². The SMILES string of the molecule is CC#N.CC(=O)OC(C)Br.CCN(C(C)C)C(C)C.COC(=O)CCC(=O)O.COC(=O)CCC(=O)OC(C)OC(C)=O. The number of nitriles is 1. The number of carbonyl (C=O) groups is 6. The minimum Gasteiger partial charge on any atom is -0.481 e. The number of nitrogens with zero attached hydrogens (tertiary/aromatic N) is 2. The van der Waals surface area contributed by atoms with Gasteiger partial charge in [0.1, 0.15) is 0 Å². The van der Waals surface area contributed by atoms with Crippen LogP contribution in [0.5, 0.6) is 0 Å². The third kappa shape index (κ3) is 48.8. The molecule has 0 aliphatic rings. The number of rotatable bonds is 12. The number of hydrogen-bond donors (Lipinski definition) is 1. The summed E-state index contributed by atoms with van der Waals surface area (Å²) in [6.45, 7) is 19.5. The molecule has 1 N–H and O–H groups in total. The second kappa shape index (κ2) is 33.3. The van der Waals surface area contributed by atoms with Crippen molar-refractivity contribution in [2.75, 3.05) is 20.8 Å². The Hall–Kier alpha value is -3.25. The van der Waals surface area contributed by atoms with Crippen LogP contribution in [0.1, 0.15) is 94.9 Å². The van der Waals surface area contributed by atoms with Crippen LogP contribution in [-0.2, 0) is 52.5 Å². The lowest BCUT2D eigenvalue weighted by atomic mass is 10.2. The van der Waals surface area contributed by atoms with E-state index >= 15 is 0 Å². The predicted octanol–water partition coefficient (Wildman–Crippen LogP) is 4.36. The van der Waals surface area contributed by atoms with Crippen LogP contribution in [0.3, 0.4) is 0 Å². The fourth-order valence-corrected chi connectivity index (χ4v) is 2.94. The lowest BCUT2D eigenvalue weighted by Gasteiger charge is -2.28. The normalized spacial score (nSPS) is 10.6. The highest BCUT2D eigenvalue weighted by molar-refractivity contribution is 9.09. The molecule has 0 saturated carbocycles. The van der Waals surface area contributed by atoms with Crippen LogP contribution in [0.25, 0.3) is 0 Å².